The predicted molar refractivity (Wildman–Crippen MR) is 63.5 cm³/mol. The Kier molecular flexibility index (Phi) is 2.81. The highest BCUT2D eigenvalue weighted by Crippen LogP contribution is 2.32. The Hall–Kier alpha value is -1.58. The number of ether oxygens (including phenoxy) is 1. The van der Waals surface area contributed by atoms with Gasteiger partial charge in [-0.1, -0.05) is 20.8 Å². The predicted octanol–water partition coefficient (Wildman–Crippen LogP) is 2.62. The van der Waals surface area contributed by atoms with Crippen molar-refractivity contribution < 1.29 is 14.6 Å². The highest BCUT2D eigenvalue weighted by molar-refractivity contribution is 5.88. The fraction of sp³-hybridized carbons (Fsp3) is 0.538. The number of rotatable bonds is 3. The summed E-state index contributed by atoms with van der Waals surface area (Å²) in [7, 11) is 0. The third-order valence-electron chi connectivity index (χ3n) is 2.74. The number of nitrogens with zero attached hydrogens (tertiary/aromatic N) is 1. The SMILES string of the molecule is CC(C)(C)c1cnc(C(=O)O)c(OC2CC2)c1. The third kappa shape index (κ3) is 2.75. The second-order valence-corrected chi connectivity index (χ2v) is 5.44. The van der Waals surface area contributed by atoms with Crippen molar-refractivity contribution in [2.24, 2.45) is 0 Å². The summed E-state index contributed by atoms with van der Waals surface area (Å²) in [6, 6.07) is 1.80. The van der Waals surface area contributed by atoms with Crippen molar-refractivity contribution in [2.75, 3.05) is 0 Å². The van der Waals surface area contributed by atoms with Crippen LogP contribution in [0.5, 0.6) is 5.75 Å². The van der Waals surface area contributed by atoms with Crippen molar-refractivity contribution in [2.45, 2.75) is 45.1 Å². The molecule has 0 amide bonds. The van der Waals surface area contributed by atoms with Gasteiger partial charge >= 0.3 is 5.97 Å². The van der Waals surface area contributed by atoms with E-state index in [2.05, 4.69) is 25.8 Å². The van der Waals surface area contributed by atoms with Gasteiger partial charge in [0.05, 0.1) is 6.10 Å². The van der Waals surface area contributed by atoms with E-state index in [0.717, 1.165) is 18.4 Å². The van der Waals surface area contributed by atoms with E-state index in [0.29, 0.717) is 5.75 Å². The van der Waals surface area contributed by atoms with Crippen molar-refractivity contribution in [1.82, 2.24) is 4.98 Å². The smallest absolute Gasteiger partial charge is 0.358 e. The van der Waals surface area contributed by atoms with E-state index >= 15 is 0 Å². The summed E-state index contributed by atoms with van der Waals surface area (Å²) in [5.74, 6) is -0.645. The first kappa shape index (κ1) is 11.9. The highest BCUT2D eigenvalue weighted by Gasteiger charge is 2.27. The zero-order chi connectivity index (χ0) is 12.6. The van der Waals surface area contributed by atoms with Crippen molar-refractivity contribution in [1.29, 1.82) is 0 Å². The first-order chi connectivity index (χ1) is 7.88. The average Bonchev–Trinajstić information content (AvgIpc) is 2.99. The Labute approximate surface area is 101 Å². The van der Waals surface area contributed by atoms with Crippen LogP contribution in [0.25, 0.3) is 0 Å². The topological polar surface area (TPSA) is 59.4 Å². The van der Waals surface area contributed by atoms with E-state index in [4.69, 9.17) is 9.84 Å². The van der Waals surface area contributed by atoms with Gasteiger partial charge in [-0.3, -0.25) is 0 Å². The lowest BCUT2D eigenvalue weighted by Crippen LogP contribution is -2.14. The summed E-state index contributed by atoms with van der Waals surface area (Å²) in [6.07, 6.45) is 3.78. The molecule has 1 fully saturated rings. The molecular weight excluding hydrogens is 218 g/mol. The number of pyridine rings is 1. The fourth-order valence-corrected chi connectivity index (χ4v) is 1.47. The third-order valence-corrected chi connectivity index (χ3v) is 2.74. The van der Waals surface area contributed by atoms with Gasteiger partial charge < -0.3 is 9.84 Å². The van der Waals surface area contributed by atoms with Crippen LogP contribution in [0.15, 0.2) is 12.3 Å². The Morgan fingerprint density at radius 1 is 1.47 bits per heavy atom. The molecule has 1 N–H and O–H groups in total. The summed E-state index contributed by atoms with van der Waals surface area (Å²) in [5, 5.41) is 9.05. The molecule has 4 heteroatoms. The lowest BCUT2D eigenvalue weighted by Gasteiger charge is -2.20. The molecule has 0 unspecified atom stereocenters. The molecule has 1 aromatic heterocycles. The van der Waals surface area contributed by atoms with Crippen LogP contribution in [0.2, 0.25) is 0 Å². The van der Waals surface area contributed by atoms with Gasteiger partial charge in [0.15, 0.2) is 11.4 Å². The second kappa shape index (κ2) is 4.02. The minimum absolute atomic E-state index is 0.00454. The standard InChI is InChI=1S/C13H17NO3/c1-13(2,3)8-6-10(17-9-4-5-9)11(12(15)16)14-7-8/h6-7,9H,4-5H2,1-3H3,(H,15,16). The number of carboxylic acid groups (broad SMARTS) is 1. The highest BCUT2D eigenvalue weighted by atomic mass is 16.5. The molecule has 1 aromatic rings. The normalized spacial score (nSPS) is 15.7. The van der Waals surface area contributed by atoms with E-state index in [1.807, 2.05) is 0 Å². The Balaban J connectivity index is 2.38. The van der Waals surface area contributed by atoms with E-state index in [1.165, 1.54) is 0 Å². The Morgan fingerprint density at radius 3 is 2.59 bits per heavy atom. The first-order valence-corrected chi connectivity index (χ1v) is 5.78. The van der Waals surface area contributed by atoms with Gasteiger partial charge in [-0.15, -0.1) is 0 Å². The van der Waals surface area contributed by atoms with Crippen LogP contribution in [0, 0.1) is 0 Å². The summed E-state index contributed by atoms with van der Waals surface area (Å²) in [6.45, 7) is 6.18. The van der Waals surface area contributed by atoms with Crippen LogP contribution < -0.4 is 4.74 Å². The van der Waals surface area contributed by atoms with Crippen molar-refractivity contribution in [3.63, 3.8) is 0 Å². The van der Waals surface area contributed by atoms with Crippen LogP contribution >= 0.6 is 0 Å². The summed E-state index contributed by atoms with van der Waals surface area (Å²) in [5.41, 5.74) is 0.925. The molecule has 1 saturated carbocycles. The van der Waals surface area contributed by atoms with Gasteiger partial charge in [-0.25, -0.2) is 9.78 Å². The van der Waals surface area contributed by atoms with Crippen LogP contribution in [-0.2, 0) is 5.41 Å². The van der Waals surface area contributed by atoms with E-state index in [-0.39, 0.29) is 17.2 Å². The summed E-state index contributed by atoms with van der Waals surface area (Å²) in [4.78, 5) is 15.0. The van der Waals surface area contributed by atoms with Gasteiger partial charge in [0.1, 0.15) is 0 Å². The molecule has 17 heavy (non-hydrogen) atoms. The number of hydrogen-bond donors (Lipinski definition) is 1. The molecule has 92 valence electrons. The molecular formula is C13H17NO3. The molecule has 1 heterocycles. The van der Waals surface area contributed by atoms with Crippen molar-refractivity contribution in [3.8, 4) is 5.75 Å². The van der Waals surface area contributed by atoms with Crippen LogP contribution in [0.4, 0.5) is 0 Å². The number of aromatic carboxylic acids is 1. The van der Waals surface area contributed by atoms with Crippen molar-refractivity contribution >= 4 is 5.97 Å². The van der Waals surface area contributed by atoms with Gasteiger partial charge in [0.2, 0.25) is 0 Å². The molecule has 0 atom stereocenters. The van der Waals surface area contributed by atoms with Gasteiger partial charge in [-0.05, 0) is 29.9 Å². The van der Waals surface area contributed by atoms with E-state index in [9.17, 15) is 4.79 Å². The largest absolute Gasteiger partial charge is 0.488 e. The van der Waals surface area contributed by atoms with Crippen LogP contribution in [0.1, 0.15) is 49.7 Å². The molecule has 0 saturated heterocycles. The molecule has 0 bridgehead atoms. The monoisotopic (exact) mass is 235 g/mol. The van der Waals surface area contributed by atoms with Crippen LogP contribution in [0.3, 0.4) is 0 Å². The molecule has 0 spiro atoms. The fourth-order valence-electron chi connectivity index (χ4n) is 1.47. The number of carbonyl (C=O) groups is 1. The maximum absolute atomic E-state index is 11.0. The molecule has 1 aliphatic carbocycles. The minimum Gasteiger partial charge on any atom is -0.488 e. The number of aromatic nitrogens is 1. The lowest BCUT2D eigenvalue weighted by molar-refractivity contribution is 0.0685. The quantitative estimate of drug-likeness (QED) is 0.874. The zero-order valence-electron chi connectivity index (χ0n) is 10.4. The summed E-state index contributed by atoms with van der Waals surface area (Å²) < 4.78 is 5.61. The molecule has 0 aliphatic heterocycles. The Bertz CT molecular complexity index is 444. The minimum atomic E-state index is -1.04. The molecule has 1 aliphatic rings. The first-order valence-electron chi connectivity index (χ1n) is 5.78. The van der Waals surface area contributed by atoms with Gasteiger partial charge in [-0.2, -0.15) is 0 Å². The molecule has 0 radical (unpaired) electrons. The summed E-state index contributed by atoms with van der Waals surface area (Å²) >= 11 is 0. The molecule has 2 rings (SSSR count). The van der Waals surface area contributed by atoms with Crippen molar-refractivity contribution in [3.05, 3.63) is 23.5 Å². The Morgan fingerprint density at radius 2 is 2.12 bits per heavy atom. The second-order valence-electron chi connectivity index (χ2n) is 5.44. The lowest BCUT2D eigenvalue weighted by atomic mass is 9.88. The maximum Gasteiger partial charge on any atom is 0.358 e. The van der Waals surface area contributed by atoms with Gasteiger partial charge in [0, 0.05) is 6.20 Å². The maximum atomic E-state index is 11.0. The van der Waals surface area contributed by atoms with Gasteiger partial charge in [0.25, 0.3) is 0 Å². The number of carboxylic acids is 1. The van der Waals surface area contributed by atoms with E-state index in [1.54, 1.807) is 12.3 Å². The average molecular weight is 235 g/mol. The number of hydrogen-bond acceptors (Lipinski definition) is 3. The van der Waals surface area contributed by atoms with Crippen LogP contribution in [-0.4, -0.2) is 22.2 Å². The zero-order valence-corrected chi connectivity index (χ0v) is 10.4. The molecule has 4 nitrogen and oxygen atoms in total. The molecule has 0 aromatic carbocycles. The van der Waals surface area contributed by atoms with E-state index < -0.39 is 5.97 Å².